The molecule has 0 aliphatic carbocycles. The van der Waals surface area contributed by atoms with Crippen molar-refractivity contribution in [3.05, 3.63) is 60.2 Å². The highest BCUT2D eigenvalue weighted by atomic mass is 16.2. The molecule has 0 bridgehead atoms. The number of hydrogen-bond acceptors (Lipinski definition) is 3. The highest BCUT2D eigenvalue weighted by molar-refractivity contribution is 6.10. The van der Waals surface area contributed by atoms with Crippen LogP contribution >= 0.6 is 0 Å². The van der Waals surface area contributed by atoms with Gasteiger partial charge in [0.05, 0.1) is 16.9 Å². The van der Waals surface area contributed by atoms with Crippen LogP contribution in [0.1, 0.15) is 36.5 Å². The Kier molecular flexibility index (Phi) is 3.30. The lowest BCUT2D eigenvalue weighted by molar-refractivity contribution is -0.117. The maximum absolute atomic E-state index is 13.2. The minimum atomic E-state index is -0.654. The summed E-state index contributed by atoms with van der Waals surface area (Å²) in [6, 6.07) is 16.9. The normalized spacial score (nSPS) is 22.4. The van der Waals surface area contributed by atoms with Crippen LogP contribution in [0.3, 0.4) is 0 Å². The molecule has 2 amide bonds. The van der Waals surface area contributed by atoms with Gasteiger partial charge in [-0.1, -0.05) is 37.3 Å². The summed E-state index contributed by atoms with van der Waals surface area (Å²) >= 11 is 0. The van der Waals surface area contributed by atoms with E-state index in [0.717, 1.165) is 11.4 Å². The standard InChI is InChI=1S/C19H19N3O2/c1-2-19-13-12-17(23)21(19)16-11-7-6-10-15(16)18(24)22(19)20-14-8-4-3-5-9-14/h3-11,20H,2,12-13H2,1H3. The zero-order valence-electron chi connectivity index (χ0n) is 13.5. The summed E-state index contributed by atoms with van der Waals surface area (Å²) in [5.41, 5.74) is 4.70. The predicted octanol–water partition coefficient (Wildman–Crippen LogP) is 3.40. The average Bonchev–Trinajstić information content (AvgIpc) is 2.97. The third-order valence-corrected chi connectivity index (χ3v) is 4.98. The number of rotatable bonds is 3. The quantitative estimate of drug-likeness (QED) is 0.942. The fourth-order valence-corrected chi connectivity index (χ4v) is 3.78. The van der Waals surface area contributed by atoms with E-state index in [2.05, 4.69) is 5.43 Å². The van der Waals surface area contributed by atoms with Crippen molar-refractivity contribution in [2.75, 3.05) is 10.3 Å². The first-order valence-corrected chi connectivity index (χ1v) is 8.26. The summed E-state index contributed by atoms with van der Waals surface area (Å²) < 4.78 is 0. The lowest BCUT2D eigenvalue weighted by Crippen LogP contribution is -2.65. The van der Waals surface area contributed by atoms with Crippen LogP contribution in [0.15, 0.2) is 54.6 Å². The molecule has 1 N–H and O–H groups in total. The van der Waals surface area contributed by atoms with E-state index >= 15 is 0 Å². The Balaban J connectivity index is 1.86. The van der Waals surface area contributed by atoms with E-state index in [1.54, 1.807) is 16.0 Å². The van der Waals surface area contributed by atoms with Gasteiger partial charge in [-0.15, -0.1) is 0 Å². The molecule has 5 nitrogen and oxygen atoms in total. The zero-order valence-corrected chi connectivity index (χ0v) is 13.5. The predicted molar refractivity (Wildman–Crippen MR) is 92.4 cm³/mol. The highest BCUT2D eigenvalue weighted by Gasteiger charge is 2.55. The minimum Gasteiger partial charge on any atom is -0.294 e. The van der Waals surface area contributed by atoms with Crippen molar-refractivity contribution in [1.29, 1.82) is 0 Å². The van der Waals surface area contributed by atoms with Gasteiger partial charge in [-0.25, -0.2) is 5.01 Å². The molecule has 2 aromatic rings. The molecule has 4 rings (SSSR count). The van der Waals surface area contributed by atoms with Gasteiger partial charge in [0.25, 0.3) is 5.91 Å². The molecular formula is C19H19N3O2. The van der Waals surface area contributed by atoms with Gasteiger partial charge in [0, 0.05) is 12.8 Å². The first kappa shape index (κ1) is 14.8. The Morgan fingerprint density at radius 2 is 1.75 bits per heavy atom. The number of carbonyl (C=O) groups is 2. The Hall–Kier alpha value is -2.82. The molecule has 1 atom stereocenters. The van der Waals surface area contributed by atoms with E-state index in [4.69, 9.17) is 0 Å². The van der Waals surface area contributed by atoms with Crippen molar-refractivity contribution in [2.45, 2.75) is 31.8 Å². The van der Waals surface area contributed by atoms with Gasteiger partial charge >= 0.3 is 0 Å². The van der Waals surface area contributed by atoms with Gasteiger partial charge in [-0.05, 0) is 30.7 Å². The summed E-state index contributed by atoms with van der Waals surface area (Å²) in [7, 11) is 0. The molecule has 2 aliphatic rings. The van der Waals surface area contributed by atoms with Gasteiger partial charge in [0.2, 0.25) is 5.91 Å². The Bertz CT molecular complexity index is 805. The average molecular weight is 321 g/mol. The van der Waals surface area contributed by atoms with Crippen LogP contribution < -0.4 is 10.3 Å². The maximum Gasteiger partial charge on any atom is 0.276 e. The molecule has 1 fully saturated rings. The first-order chi connectivity index (χ1) is 11.7. The van der Waals surface area contributed by atoms with Crippen LogP contribution in [0.4, 0.5) is 11.4 Å². The molecule has 1 unspecified atom stereocenters. The largest absolute Gasteiger partial charge is 0.294 e. The molecule has 5 heteroatoms. The highest BCUT2D eigenvalue weighted by Crippen LogP contribution is 2.45. The van der Waals surface area contributed by atoms with E-state index in [0.29, 0.717) is 24.8 Å². The zero-order chi connectivity index (χ0) is 16.7. The number of anilines is 2. The summed E-state index contributed by atoms with van der Waals surface area (Å²) in [5.74, 6) is -0.0288. The smallest absolute Gasteiger partial charge is 0.276 e. The molecule has 2 aliphatic heterocycles. The Labute approximate surface area is 140 Å². The van der Waals surface area contributed by atoms with Crippen molar-refractivity contribution < 1.29 is 9.59 Å². The van der Waals surface area contributed by atoms with Crippen LogP contribution in [0.25, 0.3) is 0 Å². The molecule has 0 radical (unpaired) electrons. The fourth-order valence-electron chi connectivity index (χ4n) is 3.78. The van der Waals surface area contributed by atoms with Crippen molar-refractivity contribution >= 4 is 23.2 Å². The lowest BCUT2D eigenvalue weighted by atomic mass is 9.96. The van der Waals surface area contributed by atoms with Crippen LogP contribution in [-0.2, 0) is 4.79 Å². The number of amides is 2. The lowest BCUT2D eigenvalue weighted by Gasteiger charge is -2.50. The van der Waals surface area contributed by atoms with Gasteiger partial charge < -0.3 is 0 Å². The van der Waals surface area contributed by atoms with E-state index in [1.807, 2.05) is 55.5 Å². The summed E-state index contributed by atoms with van der Waals surface area (Å²) in [5, 5.41) is 1.65. The molecule has 122 valence electrons. The van der Waals surface area contributed by atoms with Crippen molar-refractivity contribution in [1.82, 2.24) is 5.01 Å². The number of para-hydroxylation sites is 2. The molecule has 2 aromatic carbocycles. The maximum atomic E-state index is 13.2. The number of nitrogens with zero attached hydrogens (tertiary/aromatic N) is 2. The second-order valence-electron chi connectivity index (χ2n) is 6.20. The Morgan fingerprint density at radius 1 is 1.04 bits per heavy atom. The number of hydrazine groups is 1. The van der Waals surface area contributed by atoms with Crippen molar-refractivity contribution in [2.24, 2.45) is 0 Å². The molecule has 0 saturated carbocycles. The third-order valence-electron chi connectivity index (χ3n) is 4.98. The van der Waals surface area contributed by atoms with Crippen LogP contribution in [0.5, 0.6) is 0 Å². The van der Waals surface area contributed by atoms with E-state index in [1.165, 1.54) is 0 Å². The van der Waals surface area contributed by atoms with E-state index < -0.39 is 5.66 Å². The number of nitrogens with one attached hydrogen (secondary N) is 1. The van der Waals surface area contributed by atoms with Crippen LogP contribution in [-0.4, -0.2) is 22.5 Å². The second kappa shape index (κ2) is 5.37. The molecule has 0 aromatic heterocycles. The number of carbonyl (C=O) groups excluding carboxylic acids is 2. The van der Waals surface area contributed by atoms with E-state index in [-0.39, 0.29) is 11.8 Å². The van der Waals surface area contributed by atoms with Crippen LogP contribution in [0, 0.1) is 0 Å². The SMILES string of the molecule is CCC12CCC(=O)N1c1ccccc1C(=O)N2Nc1ccccc1. The summed E-state index contributed by atoms with van der Waals surface area (Å²) in [4.78, 5) is 27.6. The van der Waals surface area contributed by atoms with Crippen molar-refractivity contribution in [3.63, 3.8) is 0 Å². The monoisotopic (exact) mass is 321 g/mol. The fraction of sp³-hybridized carbons (Fsp3) is 0.263. The van der Waals surface area contributed by atoms with Crippen LogP contribution in [0.2, 0.25) is 0 Å². The van der Waals surface area contributed by atoms with Gasteiger partial charge in [-0.2, -0.15) is 0 Å². The molecule has 2 heterocycles. The summed E-state index contributed by atoms with van der Waals surface area (Å²) in [6.07, 6.45) is 1.74. The minimum absolute atomic E-state index is 0.0664. The van der Waals surface area contributed by atoms with Gasteiger partial charge in [-0.3, -0.25) is 19.9 Å². The van der Waals surface area contributed by atoms with E-state index in [9.17, 15) is 9.59 Å². The molecule has 0 spiro atoms. The topological polar surface area (TPSA) is 52.7 Å². The number of benzene rings is 2. The molecule has 1 saturated heterocycles. The van der Waals surface area contributed by atoms with Gasteiger partial charge in [0.15, 0.2) is 0 Å². The van der Waals surface area contributed by atoms with Gasteiger partial charge in [0.1, 0.15) is 5.66 Å². The number of fused-ring (bicyclic) bond motifs is 3. The summed E-state index contributed by atoms with van der Waals surface area (Å²) in [6.45, 7) is 2.02. The number of hydrogen-bond donors (Lipinski definition) is 1. The Morgan fingerprint density at radius 3 is 2.50 bits per heavy atom. The molecule has 24 heavy (non-hydrogen) atoms. The first-order valence-electron chi connectivity index (χ1n) is 8.26. The molecular weight excluding hydrogens is 302 g/mol. The van der Waals surface area contributed by atoms with Crippen molar-refractivity contribution in [3.8, 4) is 0 Å². The third kappa shape index (κ3) is 1.94. The second-order valence-corrected chi connectivity index (χ2v) is 6.20.